The van der Waals surface area contributed by atoms with Gasteiger partial charge < -0.3 is 19.5 Å². The van der Waals surface area contributed by atoms with Crippen LogP contribution < -0.4 is 5.32 Å². The van der Waals surface area contributed by atoms with Crippen LogP contribution in [-0.2, 0) is 28.9 Å². The van der Waals surface area contributed by atoms with Crippen molar-refractivity contribution in [3.8, 4) is 0 Å². The van der Waals surface area contributed by atoms with Crippen molar-refractivity contribution in [2.45, 2.75) is 44.8 Å². The van der Waals surface area contributed by atoms with Crippen molar-refractivity contribution < 1.29 is 14.1 Å². The minimum atomic E-state index is -0.277. The van der Waals surface area contributed by atoms with E-state index in [4.69, 9.17) is 9.26 Å². The third-order valence-electron chi connectivity index (χ3n) is 4.98. The monoisotopic (exact) mass is 357 g/mol. The van der Waals surface area contributed by atoms with Crippen molar-refractivity contribution in [2.24, 2.45) is 0 Å². The molecule has 0 bridgehead atoms. The molecule has 0 radical (unpaired) electrons. The second kappa shape index (κ2) is 7.82. The zero-order valence-electron chi connectivity index (χ0n) is 14.7. The molecule has 138 valence electrons. The number of ether oxygens (including phenoxy) is 1. The highest BCUT2D eigenvalue weighted by Crippen LogP contribution is 2.22. The van der Waals surface area contributed by atoms with Crippen LogP contribution in [0, 0.1) is 0 Å². The quantitative estimate of drug-likeness (QED) is 0.888. The predicted octanol–water partition coefficient (Wildman–Crippen LogP) is 1.57. The van der Waals surface area contributed by atoms with Crippen LogP contribution in [0.5, 0.6) is 0 Å². The summed E-state index contributed by atoms with van der Waals surface area (Å²) >= 11 is 0. The molecule has 0 spiro atoms. The largest absolute Gasteiger partial charge is 0.368 e. The summed E-state index contributed by atoms with van der Waals surface area (Å²) in [6, 6.07) is 1.82. The van der Waals surface area contributed by atoms with Gasteiger partial charge in [0.2, 0.25) is 0 Å². The van der Waals surface area contributed by atoms with Gasteiger partial charge >= 0.3 is 0 Å². The molecule has 1 saturated heterocycles. The number of carbonyl (C=O) groups is 1. The van der Waals surface area contributed by atoms with E-state index in [9.17, 15) is 4.79 Å². The van der Waals surface area contributed by atoms with Gasteiger partial charge in [0.15, 0.2) is 0 Å². The van der Waals surface area contributed by atoms with E-state index < -0.39 is 0 Å². The lowest BCUT2D eigenvalue weighted by molar-refractivity contribution is -0.146. The van der Waals surface area contributed by atoms with E-state index in [0.717, 1.165) is 54.9 Å². The minimum absolute atomic E-state index is 0.113. The van der Waals surface area contributed by atoms with E-state index in [1.165, 1.54) is 0 Å². The summed E-state index contributed by atoms with van der Waals surface area (Å²) < 4.78 is 10.5. The van der Waals surface area contributed by atoms with Gasteiger partial charge in [-0.05, 0) is 25.7 Å². The second-order valence-corrected chi connectivity index (χ2v) is 6.67. The first-order valence-corrected chi connectivity index (χ1v) is 9.17. The van der Waals surface area contributed by atoms with Crippen LogP contribution in [-0.4, -0.2) is 51.7 Å². The van der Waals surface area contributed by atoms with Crippen molar-refractivity contribution in [3.05, 3.63) is 35.6 Å². The Morgan fingerprint density at radius 3 is 3.00 bits per heavy atom. The van der Waals surface area contributed by atoms with Gasteiger partial charge in [-0.15, -0.1) is 0 Å². The van der Waals surface area contributed by atoms with Crippen LogP contribution in [0.1, 0.15) is 36.2 Å². The van der Waals surface area contributed by atoms with Gasteiger partial charge in [-0.3, -0.25) is 4.79 Å². The predicted molar refractivity (Wildman–Crippen MR) is 93.4 cm³/mol. The lowest BCUT2D eigenvalue weighted by Crippen LogP contribution is -2.43. The highest BCUT2D eigenvalue weighted by atomic mass is 16.5. The average Bonchev–Trinajstić information content (AvgIpc) is 3.11. The summed E-state index contributed by atoms with van der Waals surface area (Å²) in [6.45, 7) is 2.56. The Morgan fingerprint density at radius 1 is 1.27 bits per heavy atom. The molecular weight excluding hydrogens is 334 g/mol. The van der Waals surface area contributed by atoms with Crippen molar-refractivity contribution in [3.63, 3.8) is 0 Å². The number of hydrogen-bond acceptors (Lipinski definition) is 7. The van der Waals surface area contributed by atoms with Gasteiger partial charge in [-0.25, -0.2) is 9.97 Å². The van der Waals surface area contributed by atoms with E-state index in [-0.39, 0.29) is 12.0 Å². The summed E-state index contributed by atoms with van der Waals surface area (Å²) in [7, 11) is 0. The number of anilines is 1. The third-order valence-corrected chi connectivity index (χ3v) is 4.98. The smallest absolute Gasteiger partial charge is 0.251 e. The van der Waals surface area contributed by atoms with Crippen LogP contribution in [0.15, 0.2) is 23.2 Å². The molecular formula is C18H23N5O3. The first kappa shape index (κ1) is 17.0. The van der Waals surface area contributed by atoms with Crippen LogP contribution in [0.2, 0.25) is 0 Å². The molecule has 8 nitrogen and oxygen atoms in total. The van der Waals surface area contributed by atoms with E-state index in [2.05, 4.69) is 20.4 Å². The minimum Gasteiger partial charge on any atom is -0.368 e. The molecule has 4 heterocycles. The Bertz CT molecular complexity index is 743. The molecule has 26 heavy (non-hydrogen) atoms. The zero-order chi connectivity index (χ0) is 17.8. The molecule has 1 fully saturated rings. The van der Waals surface area contributed by atoms with Crippen molar-refractivity contribution in [1.82, 2.24) is 20.0 Å². The SMILES string of the molecule is O=C([C@@H]1CCCCO1)N1CCc2ncnc(NCc3ccon3)c2CC1. The van der Waals surface area contributed by atoms with E-state index in [0.29, 0.717) is 26.2 Å². The molecule has 2 aromatic rings. The normalized spacial score (nSPS) is 20.3. The van der Waals surface area contributed by atoms with Crippen molar-refractivity contribution >= 4 is 11.7 Å². The molecule has 4 rings (SSSR count). The van der Waals surface area contributed by atoms with Gasteiger partial charge in [-0.2, -0.15) is 0 Å². The van der Waals surface area contributed by atoms with Crippen LogP contribution in [0.25, 0.3) is 0 Å². The highest BCUT2D eigenvalue weighted by molar-refractivity contribution is 5.81. The summed E-state index contributed by atoms with van der Waals surface area (Å²) in [4.78, 5) is 23.5. The molecule has 2 aromatic heterocycles. The maximum Gasteiger partial charge on any atom is 0.251 e. The summed E-state index contributed by atoms with van der Waals surface area (Å²) in [5.74, 6) is 0.920. The topological polar surface area (TPSA) is 93.4 Å². The number of nitrogens with one attached hydrogen (secondary N) is 1. The summed E-state index contributed by atoms with van der Waals surface area (Å²) in [5.41, 5.74) is 2.90. The Kier molecular flexibility index (Phi) is 5.10. The first-order chi connectivity index (χ1) is 12.8. The molecule has 0 aromatic carbocycles. The Labute approximate surface area is 151 Å². The number of rotatable bonds is 4. The third kappa shape index (κ3) is 3.70. The fourth-order valence-electron chi connectivity index (χ4n) is 3.54. The van der Waals surface area contributed by atoms with Gasteiger partial charge in [0.25, 0.3) is 5.91 Å². The Balaban J connectivity index is 1.43. The molecule has 1 N–H and O–H groups in total. The van der Waals surface area contributed by atoms with Gasteiger partial charge in [0.1, 0.15) is 30.2 Å². The second-order valence-electron chi connectivity index (χ2n) is 6.67. The maximum atomic E-state index is 12.8. The van der Waals surface area contributed by atoms with E-state index >= 15 is 0 Å². The number of nitrogens with zero attached hydrogens (tertiary/aromatic N) is 4. The molecule has 2 aliphatic rings. The standard InChI is InChI=1S/C18H23N5O3/c24-18(16-3-1-2-9-25-16)23-7-4-14-15(5-8-23)20-12-21-17(14)19-11-13-6-10-26-22-13/h6,10,12,16H,1-5,7-9,11H2,(H,19,20,21)/t16-/m0/s1. The molecule has 1 amide bonds. The van der Waals surface area contributed by atoms with Crippen LogP contribution in [0.4, 0.5) is 5.82 Å². The van der Waals surface area contributed by atoms with Crippen LogP contribution >= 0.6 is 0 Å². The molecule has 0 aliphatic carbocycles. The summed E-state index contributed by atoms with van der Waals surface area (Å²) in [5, 5.41) is 7.21. The Hall–Kier alpha value is -2.48. The maximum absolute atomic E-state index is 12.8. The number of amides is 1. The number of hydrogen-bond donors (Lipinski definition) is 1. The average molecular weight is 357 g/mol. The molecule has 1 atom stereocenters. The lowest BCUT2D eigenvalue weighted by Gasteiger charge is -2.28. The number of fused-ring (bicyclic) bond motifs is 1. The zero-order valence-corrected chi connectivity index (χ0v) is 14.7. The molecule has 2 aliphatic heterocycles. The van der Waals surface area contributed by atoms with Gasteiger partial charge in [0.05, 0.1) is 12.2 Å². The Morgan fingerprint density at radius 2 is 2.19 bits per heavy atom. The molecule has 0 unspecified atom stereocenters. The van der Waals surface area contributed by atoms with Crippen molar-refractivity contribution in [1.29, 1.82) is 0 Å². The first-order valence-electron chi connectivity index (χ1n) is 9.17. The highest BCUT2D eigenvalue weighted by Gasteiger charge is 2.29. The molecule has 0 saturated carbocycles. The van der Waals surface area contributed by atoms with Gasteiger partial charge in [0, 0.05) is 37.7 Å². The lowest BCUT2D eigenvalue weighted by atomic mass is 10.1. The fraction of sp³-hybridized carbons (Fsp3) is 0.556. The van der Waals surface area contributed by atoms with Crippen LogP contribution in [0.3, 0.4) is 0 Å². The molecule has 8 heteroatoms. The number of aromatic nitrogens is 3. The van der Waals surface area contributed by atoms with E-state index in [1.807, 2.05) is 11.0 Å². The van der Waals surface area contributed by atoms with Gasteiger partial charge in [-0.1, -0.05) is 5.16 Å². The van der Waals surface area contributed by atoms with Crippen molar-refractivity contribution in [2.75, 3.05) is 25.0 Å². The number of carbonyl (C=O) groups excluding carboxylic acids is 1. The van der Waals surface area contributed by atoms with E-state index in [1.54, 1.807) is 12.6 Å². The summed E-state index contributed by atoms with van der Waals surface area (Å²) in [6.07, 6.45) is 7.25. The fourth-order valence-corrected chi connectivity index (χ4v) is 3.54.